The molecule has 3 unspecified atom stereocenters. The van der Waals surface area contributed by atoms with Crippen molar-refractivity contribution in [2.24, 2.45) is 5.92 Å². The minimum absolute atomic E-state index is 0.0286. The topological polar surface area (TPSA) is 61.4 Å². The number of nitrogens with one attached hydrogen (secondary N) is 2. The highest BCUT2D eigenvalue weighted by Gasteiger charge is 2.33. The number of carbonyl (C=O) groups is 1. The smallest absolute Gasteiger partial charge is 0.236 e. The van der Waals surface area contributed by atoms with Gasteiger partial charge < -0.3 is 15.7 Å². The van der Waals surface area contributed by atoms with Gasteiger partial charge in [-0.15, -0.1) is 0 Å². The van der Waals surface area contributed by atoms with E-state index in [1.54, 1.807) is 0 Å². The fourth-order valence-corrected chi connectivity index (χ4v) is 2.77. The standard InChI is InChI=1S/C15H30N2O2/c1-4-5-9-16-14(18)13(3)17-11-15(19)8-6-7-12(2)10-15/h12-13,17,19H,4-11H2,1-3H3,(H,16,18). The maximum absolute atomic E-state index is 11.8. The van der Waals surface area contributed by atoms with Gasteiger partial charge in [0, 0.05) is 13.1 Å². The van der Waals surface area contributed by atoms with E-state index < -0.39 is 5.60 Å². The van der Waals surface area contributed by atoms with Crippen LogP contribution in [0.15, 0.2) is 0 Å². The summed E-state index contributed by atoms with van der Waals surface area (Å²) in [5.74, 6) is 0.607. The SMILES string of the molecule is CCCCNC(=O)C(C)NCC1(O)CCCC(C)C1. The van der Waals surface area contributed by atoms with Gasteiger partial charge in [0.1, 0.15) is 0 Å². The van der Waals surface area contributed by atoms with Crippen molar-refractivity contribution in [3.05, 3.63) is 0 Å². The summed E-state index contributed by atoms with van der Waals surface area (Å²) in [5.41, 5.74) is -0.629. The summed E-state index contributed by atoms with van der Waals surface area (Å²) in [5, 5.41) is 16.6. The normalized spacial score (nSPS) is 28.9. The van der Waals surface area contributed by atoms with Gasteiger partial charge in [0.05, 0.1) is 11.6 Å². The molecule has 0 saturated heterocycles. The van der Waals surface area contributed by atoms with E-state index in [0.29, 0.717) is 12.5 Å². The number of carbonyl (C=O) groups excluding carboxylic acids is 1. The molecule has 1 aliphatic carbocycles. The molecule has 4 nitrogen and oxygen atoms in total. The average Bonchev–Trinajstić information content (AvgIpc) is 2.36. The first-order valence-corrected chi connectivity index (χ1v) is 7.70. The lowest BCUT2D eigenvalue weighted by Gasteiger charge is -2.36. The van der Waals surface area contributed by atoms with Crippen LogP contribution in [0.4, 0.5) is 0 Å². The lowest BCUT2D eigenvalue weighted by atomic mass is 9.79. The number of aliphatic hydroxyl groups is 1. The van der Waals surface area contributed by atoms with E-state index >= 15 is 0 Å². The Hall–Kier alpha value is -0.610. The van der Waals surface area contributed by atoms with Gasteiger partial charge in [0.25, 0.3) is 0 Å². The van der Waals surface area contributed by atoms with Gasteiger partial charge >= 0.3 is 0 Å². The molecule has 0 spiro atoms. The van der Waals surface area contributed by atoms with Crippen LogP contribution in [-0.4, -0.2) is 35.7 Å². The first-order valence-electron chi connectivity index (χ1n) is 7.70. The molecule has 1 saturated carbocycles. The lowest BCUT2D eigenvalue weighted by Crippen LogP contribution is -2.50. The van der Waals surface area contributed by atoms with Crippen molar-refractivity contribution in [2.75, 3.05) is 13.1 Å². The summed E-state index contributed by atoms with van der Waals surface area (Å²) in [7, 11) is 0. The highest BCUT2D eigenvalue weighted by atomic mass is 16.3. The monoisotopic (exact) mass is 270 g/mol. The first-order chi connectivity index (χ1) is 8.97. The maximum atomic E-state index is 11.8. The predicted molar refractivity (Wildman–Crippen MR) is 78.0 cm³/mol. The Kier molecular flexibility index (Phi) is 6.80. The Morgan fingerprint density at radius 1 is 1.53 bits per heavy atom. The summed E-state index contributed by atoms with van der Waals surface area (Å²) < 4.78 is 0. The molecule has 0 aromatic carbocycles. The van der Waals surface area contributed by atoms with E-state index in [2.05, 4.69) is 24.5 Å². The first kappa shape index (κ1) is 16.4. The molecule has 19 heavy (non-hydrogen) atoms. The van der Waals surface area contributed by atoms with Crippen LogP contribution >= 0.6 is 0 Å². The minimum Gasteiger partial charge on any atom is -0.389 e. The summed E-state index contributed by atoms with van der Waals surface area (Å²) in [6.45, 7) is 7.40. The lowest BCUT2D eigenvalue weighted by molar-refractivity contribution is -0.123. The van der Waals surface area contributed by atoms with E-state index in [-0.39, 0.29) is 11.9 Å². The summed E-state index contributed by atoms with van der Waals surface area (Å²) in [6, 6.07) is -0.238. The number of amides is 1. The average molecular weight is 270 g/mol. The Balaban J connectivity index is 2.28. The molecule has 0 radical (unpaired) electrons. The molecule has 0 heterocycles. The fraction of sp³-hybridized carbons (Fsp3) is 0.933. The zero-order valence-electron chi connectivity index (χ0n) is 12.7. The summed E-state index contributed by atoms with van der Waals surface area (Å²) in [4.78, 5) is 11.8. The molecule has 3 atom stereocenters. The zero-order valence-corrected chi connectivity index (χ0v) is 12.7. The molecule has 1 rings (SSSR count). The van der Waals surface area contributed by atoms with Crippen LogP contribution in [0.5, 0.6) is 0 Å². The molecule has 4 heteroatoms. The van der Waals surface area contributed by atoms with Gasteiger partial charge in [-0.25, -0.2) is 0 Å². The van der Waals surface area contributed by atoms with E-state index in [1.165, 1.54) is 6.42 Å². The second-order valence-electron chi connectivity index (χ2n) is 6.17. The maximum Gasteiger partial charge on any atom is 0.236 e. The van der Waals surface area contributed by atoms with Crippen molar-refractivity contribution in [1.29, 1.82) is 0 Å². The molecule has 0 aliphatic heterocycles. The summed E-state index contributed by atoms with van der Waals surface area (Å²) >= 11 is 0. The molecular weight excluding hydrogens is 240 g/mol. The van der Waals surface area contributed by atoms with Crippen molar-refractivity contribution in [1.82, 2.24) is 10.6 Å². The van der Waals surface area contributed by atoms with Gasteiger partial charge in [0.15, 0.2) is 0 Å². The Morgan fingerprint density at radius 3 is 2.89 bits per heavy atom. The quantitative estimate of drug-likeness (QED) is 0.618. The highest BCUT2D eigenvalue weighted by Crippen LogP contribution is 2.31. The van der Waals surface area contributed by atoms with E-state index in [4.69, 9.17) is 0 Å². The van der Waals surface area contributed by atoms with Crippen molar-refractivity contribution in [3.63, 3.8) is 0 Å². The largest absolute Gasteiger partial charge is 0.389 e. The molecular formula is C15H30N2O2. The second-order valence-corrected chi connectivity index (χ2v) is 6.17. The van der Waals surface area contributed by atoms with Gasteiger partial charge in [-0.1, -0.05) is 33.1 Å². The molecule has 1 fully saturated rings. The van der Waals surface area contributed by atoms with Gasteiger partial charge in [-0.3, -0.25) is 4.79 Å². The number of hydrogen-bond donors (Lipinski definition) is 3. The van der Waals surface area contributed by atoms with Crippen LogP contribution in [0.1, 0.15) is 59.3 Å². The van der Waals surface area contributed by atoms with Crippen molar-refractivity contribution >= 4 is 5.91 Å². The van der Waals surface area contributed by atoms with Gasteiger partial charge in [0.2, 0.25) is 5.91 Å². The van der Waals surface area contributed by atoms with Crippen LogP contribution in [0, 0.1) is 5.92 Å². The summed E-state index contributed by atoms with van der Waals surface area (Å²) in [6.07, 6.45) is 6.06. The second kappa shape index (κ2) is 7.85. The number of rotatable bonds is 7. The van der Waals surface area contributed by atoms with E-state index in [9.17, 15) is 9.90 Å². The molecule has 0 aromatic heterocycles. The Morgan fingerprint density at radius 2 is 2.26 bits per heavy atom. The van der Waals surface area contributed by atoms with Crippen LogP contribution < -0.4 is 10.6 Å². The molecule has 1 amide bonds. The molecule has 112 valence electrons. The predicted octanol–water partition coefficient (Wildman–Crippen LogP) is 1.82. The van der Waals surface area contributed by atoms with Crippen molar-refractivity contribution in [3.8, 4) is 0 Å². The van der Waals surface area contributed by atoms with E-state index in [0.717, 1.165) is 38.6 Å². The Labute approximate surface area is 117 Å². The van der Waals surface area contributed by atoms with Gasteiger partial charge in [-0.05, 0) is 32.1 Å². The van der Waals surface area contributed by atoms with Crippen LogP contribution in [-0.2, 0) is 4.79 Å². The third kappa shape index (κ3) is 5.91. The molecule has 1 aliphatic rings. The van der Waals surface area contributed by atoms with Crippen molar-refractivity contribution in [2.45, 2.75) is 70.9 Å². The fourth-order valence-electron chi connectivity index (χ4n) is 2.77. The number of unbranched alkanes of at least 4 members (excludes halogenated alkanes) is 1. The Bertz CT molecular complexity index is 283. The van der Waals surface area contributed by atoms with Gasteiger partial charge in [-0.2, -0.15) is 0 Å². The van der Waals surface area contributed by atoms with Crippen molar-refractivity contribution < 1.29 is 9.90 Å². The highest BCUT2D eigenvalue weighted by molar-refractivity contribution is 5.81. The zero-order chi connectivity index (χ0) is 14.3. The molecule has 3 N–H and O–H groups in total. The molecule has 0 bridgehead atoms. The van der Waals surface area contributed by atoms with Crippen LogP contribution in [0.3, 0.4) is 0 Å². The third-order valence-electron chi connectivity index (χ3n) is 4.03. The van der Waals surface area contributed by atoms with Crippen LogP contribution in [0.25, 0.3) is 0 Å². The van der Waals surface area contributed by atoms with E-state index in [1.807, 2.05) is 6.92 Å². The third-order valence-corrected chi connectivity index (χ3v) is 4.03. The molecule has 0 aromatic rings. The van der Waals surface area contributed by atoms with Crippen LogP contribution in [0.2, 0.25) is 0 Å². The number of hydrogen-bond acceptors (Lipinski definition) is 3. The minimum atomic E-state index is -0.629.